The summed E-state index contributed by atoms with van der Waals surface area (Å²) in [5.74, 6) is 2.48. The van der Waals surface area contributed by atoms with E-state index in [1.165, 1.54) is 12.5 Å². The molecule has 5 heterocycles. The van der Waals surface area contributed by atoms with Crippen LogP contribution in [0.2, 0.25) is 0 Å². The number of amides is 1. The first-order chi connectivity index (χ1) is 36.3. The van der Waals surface area contributed by atoms with Crippen molar-refractivity contribution < 1.29 is 83.2 Å². The SMILES string of the molecule is C=CCCCCCCCCC(=O)NCCO[C@H]1[C@H](O)[C@H](O)[C@@H](O[C@H]2[C@H](O)[C@@H](O[C@H]3O[C@H](C)[C@@H](O)[C@H](O)[C@@H]3O)[C@H](O[C@H]3CC[C@@]4(C)C(=CC[C@H]5C6C[C@@H]7O[C@]8(CC[C@H](C)CO8)[C@@H](C)[C@@H]7[C@@]6(C)CC[C@@H]54)C3)O[C@@H]2CO)O[C@@H]1C. The highest BCUT2D eigenvalue weighted by Crippen LogP contribution is 2.71. The van der Waals surface area contributed by atoms with Gasteiger partial charge in [-0.15, -0.1) is 6.58 Å². The number of aliphatic hydroxyl groups excluding tert-OH is 7. The second kappa shape index (κ2) is 24.8. The number of allylic oxidation sites excluding steroid dienone is 2. The summed E-state index contributed by atoms with van der Waals surface area (Å²) in [6.45, 7) is 16.9. The van der Waals surface area contributed by atoms with Crippen LogP contribution in [-0.4, -0.2) is 178 Å². The Bertz CT molecular complexity index is 1950. The van der Waals surface area contributed by atoms with Crippen molar-refractivity contribution in [2.75, 3.05) is 26.4 Å². The largest absolute Gasteiger partial charge is 0.394 e. The lowest BCUT2D eigenvalue weighted by Gasteiger charge is -2.58. The van der Waals surface area contributed by atoms with Crippen molar-refractivity contribution in [3.63, 3.8) is 0 Å². The predicted molar refractivity (Wildman–Crippen MR) is 277 cm³/mol. The number of aliphatic hydroxyl groups is 7. The number of carbonyl (C=O) groups is 1. The second-order valence-electron chi connectivity index (χ2n) is 25.2. The van der Waals surface area contributed by atoms with E-state index in [2.05, 4.69) is 45.7 Å². The van der Waals surface area contributed by atoms with Crippen molar-refractivity contribution in [1.29, 1.82) is 0 Å². The summed E-state index contributed by atoms with van der Waals surface area (Å²) < 4.78 is 57.2. The van der Waals surface area contributed by atoms with Crippen molar-refractivity contribution >= 4 is 5.91 Å². The van der Waals surface area contributed by atoms with Crippen LogP contribution in [0.15, 0.2) is 24.3 Å². The lowest BCUT2D eigenvalue weighted by Crippen LogP contribution is -2.66. The molecule has 9 aliphatic rings. The fourth-order valence-corrected chi connectivity index (χ4v) is 16.0. The van der Waals surface area contributed by atoms with Crippen LogP contribution in [0.25, 0.3) is 0 Å². The molecule has 4 aliphatic carbocycles. The van der Waals surface area contributed by atoms with Crippen LogP contribution in [-0.2, 0) is 47.4 Å². The molecule has 18 nitrogen and oxygen atoms in total. The van der Waals surface area contributed by atoms with Crippen LogP contribution in [0, 0.1) is 46.3 Å². The van der Waals surface area contributed by atoms with Gasteiger partial charge in [0.25, 0.3) is 0 Å². The minimum absolute atomic E-state index is 0.0339. The molecule has 0 aromatic heterocycles. The Morgan fingerprint density at radius 1 is 0.763 bits per heavy atom. The van der Waals surface area contributed by atoms with Crippen molar-refractivity contribution in [3.8, 4) is 0 Å². The van der Waals surface area contributed by atoms with E-state index in [0.29, 0.717) is 54.8 Å². The molecular formula is C58H95NO17. The Hall–Kier alpha value is -1.69. The van der Waals surface area contributed by atoms with E-state index in [4.69, 9.17) is 42.6 Å². The molecular weight excluding hydrogens is 983 g/mol. The Balaban J connectivity index is 0.825. The molecule has 0 radical (unpaired) electrons. The number of unbranched alkanes of at least 4 members (excludes halogenated alkanes) is 6. The van der Waals surface area contributed by atoms with Gasteiger partial charge in [-0.3, -0.25) is 4.79 Å². The molecule has 1 spiro atoms. The van der Waals surface area contributed by atoms with E-state index < -0.39 is 105 Å². The molecule has 434 valence electrons. The smallest absolute Gasteiger partial charge is 0.220 e. The van der Waals surface area contributed by atoms with Gasteiger partial charge in [-0.05, 0) is 125 Å². The Morgan fingerprint density at radius 2 is 1.47 bits per heavy atom. The summed E-state index contributed by atoms with van der Waals surface area (Å²) in [4.78, 5) is 12.5. The van der Waals surface area contributed by atoms with Gasteiger partial charge >= 0.3 is 0 Å². The highest BCUT2D eigenvalue weighted by Gasteiger charge is 2.69. The molecule has 26 atom stereocenters. The zero-order chi connectivity index (χ0) is 54.3. The predicted octanol–water partition coefficient (Wildman–Crippen LogP) is 4.69. The maximum atomic E-state index is 12.5. The third-order valence-electron chi connectivity index (χ3n) is 20.4. The lowest BCUT2D eigenvalue weighted by molar-refractivity contribution is -0.389. The van der Waals surface area contributed by atoms with Gasteiger partial charge in [0, 0.05) is 25.3 Å². The first-order valence-electron chi connectivity index (χ1n) is 29.5. The number of hydrogen-bond acceptors (Lipinski definition) is 17. The second-order valence-corrected chi connectivity index (χ2v) is 25.2. The first-order valence-corrected chi connectivity index (χ1v) is 29.5. The molecule has 8 fully saturated rings. The van der Waals surface area contributed by atoms with Crippen LogP contribution in [0.4, 0.5) is 0 Å². The van der Waals surface area contributed by atoms with Crippen LogP contribution in [0.5, 0.6) is 0 Å². The topological polar surface area (TPSA) is 254 Å². The van der Waals surface area contributed by atoms with Gasteiger partial charge in [-0.1, -0.05) is 71.1 Å². The molecule has 1 unspecified atom stereocenters. The minimum atomic E-state index is -1.72. The summed E-state index contributed by atoms with van der Waals surface area (Å²) >= 11 is 0. The number of nitrogens with one attached hydrogen (secondary N) is 1. The average Bonchev–Trinajstić information content (AvgIpc) is 3.96. The quantitative estimate of drug-likeness (QED) is 0.0608. The van der Waals surface area contributed by atoms with Gasteiger partial charge < -0.3 is 83.7 Å². The number of carbonyl (C=O) groups excluding carboxylic acids is 1. The van der Waals surface area contributed by atoms with E-state index in [1.807, 2.05) is 6.08 Å². The van der Waals surface area contributed by atoms with Gasteiger partial charge in [-0.25, -0.2) is 0 Å². The zero-order valence-electron chi connectivity index (χ0n) is 46.2. The molecule has 0 aromatic rings. The summed E-state index contributed by atoms with van der Waals surface area (Å²) in [5, 5.41) is 81.0. The summed E-state index contributed by atoms with van der Waals surface area (Å²) in [6, 6.07) is 0. The molecule has 18 heteroatoms. The first kappa shape index (κ1) is 58.9. The molecule has 76 heavy (non-hydrogen) atoms. The molecule has 0 aromatic carbocycles. The van der Waals surface area contributed by atoms with Crippen LogP contribution >= 0.6 is 0 Å². The summed E-state index contributed by atoms with van der Waals surface area (Å²) in [5.41, 5.74) is 1.50. The number of fused-ring (bicyclic) bond motifs is 7. The molecule has 8 N–H and O–H groups in total. The fourth-order valence-electron chi connectivity index (χ4n) is 16.0. The summed E-state index contributed by atoms with van der Waals surface area (Å²) in [6.07, 6.45) is -0.310. The molecule has 5 saturated heterocycles. The van der Waals surface area contributed by atoms with Gasteiger partial charge in [-0.2, -0.15) is 0 Å². The monoisotopic (exact) mass is 1080 g/mol. The Labute approximate surface area is 450 Å². The van der Waals surface area contributed by atoms with Crippen molar-refractivity contribution in [3.05, 3.63) is 24.3 Å². The third kappa shape index (κ3) is 11.7. The number of rotatable bonds is 20. The van der Waals surface area contributed by atoms with Crippen LogP contribution < -0.4 is 5.32 Å². The molecule has 5 aliphatic heterocycles. The standard InChI is InChI=1S/C58H95NO17/c1-8-9-10-11-12-13-14-15-16-42(61)59-25-26-68-50-34(5)71-54(48(66)46(50)64)74-51-41(29-60)73-55(52(49(51)67)75-53-47(65)45(63)44(62)33(4)70-53)72-36-20-22-56(6)35(27-36)17-18-37-38(56)21-23-57(7)39(37)28-40-43(57)32(3)58(76-40)24-19-31(2)30-69-58/h8,17,31-34,36-41,43-55,60,62-67H,1,9-16,18-30H2,2-7H3,(H,59,61)/t31-,32-,33+,34+,36-,37+,38-,39?,40-,41+,43-,44+,45-,46+,47-,48-,49-,50+,51+,52+,53+,54+,55+,56-,57-,58+/m0/s1. The zero-order valence-corrected chi connectivity index (χ0v) is 46.2. The number of hydrogen-bond donors (Lipinski definition) is 8. The molecule has 1 amide bonds. The third-order valence-corrected chi connectivity index (χ3v) is 20.4. The van der Waals surface area contributed by atoms with E-state index in [0.717, 1.165) is 96.5 Å². The maximum Gasteiger partial charge on any atom is 0.220 e. The van der Waals surface area contributed by atoms with E-state index >= 15 is 0 Å². The highest BCUT2D eigenvalue weighted by atomic mass is 16.8. The molecule has 9 rings (SSSR count). The van der Waals surface area contributed by atoms with Crippen molar-refractivity contribution in [1.82, 2.24) is 5.32 Å². The average molecular weight is 1080 g/mol. The van der Waals surface area contributed by atoms with Crippen molar-refractivity contribution in [2.24, 2.45) is 46.3 Å². The van der Waals surface area contributed by atoms with E-state index in [-0.39, 0.29) is 42.1 Å². The Kier molecular flexibility index (Phi) is 19.2. The molecule has 0 bridgehead atoms. The van der Waals surface area contributed by atoms with Gasteiger partial charge in [0.2, 0.25) is 5.91 Å². The van der Waals surface area contributed by atoms with E-state index in [9.17, 15) is 40.5 Å². The normalized spacial score (nSPS) is 49.1. The molecule has 3 saturated carbocycles. The van der Waals surface area contributed by atoms with E-state index in [1.54, 1.807) is 6.92 Å². The summed E-state index contributed by atoms with van der Waals surface area (Å²) in [7, 11) is 0. The highest BCUT2D eigenvalue weighted by molar-refractivity contribution is 5.75. The minimum Gasteiger partial charge on any atom is -0.394 e. The van der Waals surface area contributed by atoms with Crippen molar-refractivity contribution in [2.45, 2.75) is 261 Å². The van der Waals surface area contributed by atoms with Gasteiger partial charge in [0.05, 0.1) is 44.2 Å². The van der Waals surface area contributed by atoms with Crippen LogP contribution in [0.3, 0.4) is 0 Å². The Morgan fingerprint density at radius 3 is 2.20 bits per heavy atom. The lowest BCUT2D eigenvalue weighted by atomic mass is 9.47. The maximum absolute atomic E-state index is 12.5. The van der Waals surface area contributed by atoms with Crippen LogP contribution in [0.1, 0.15) is 151 Å². The van der Waals surface area contributed by atoms with Gasteiger partial charge in [0.1, 0.15) is 61.0 Å². The fraction of sp³-hybridized carbons (Fsp3) is 0.914. The van der Waals surface area contributed by atoms with Gasteiger partial charge in [0.15, 0.2) is 24.7 Å². The number of ether oxygens (including phenoxy) is 9.